The Morgan fingerprint density at radius 3 is 2.60 bits per heavy atom. The van der Waals surface area contributed by atoms with E-state index in [4.69, 9.17) is 23.7 Å². The predicted molar refractivity (Wildman–Crippen MR) is 146 cm³/mol. The van der Waals surface area contributed by atoms with Crippen molar-refractivity contribution in [1.82, 2.24) is 24.8 Å². The molecule has 14 nitrogen and oxygen atoms in total. The third-order valence-electron chi connectivity index (χ3n) is 7.01. The largest absolute Gasteiger partial charge is 0.497 e. The van der Waals surface area contributed by atoms with Crippen molar-refractivity contribution in [3.8, 4) is 11.5 Å². The van der Waals surface area contributed by atoms with Crippen LogP contribution in [0.4, 0.5) is 15.0 Å². The molecule has 2 aliphatic heterocycles. The van der Waals surface area contributed by atoms with Gasteiger partial charge in [-0.05, 0) is 31.2 Å². The maximum absolute atomic E-state index is 13.6. The van der Waals surface area contributed by atoms with Crippen LogP contribution < -0.4 is 20.1 Å². The second kappa shape index (κ2) is 11.8. The van der Waals surface area contributed by atoms with Gasteiger partial charge in [0.2, 0.25) is 0 Å². The number of rotatable bonds is 9. The van der Waals surface area contributed by atoms with E-state index in [1.807, 2.05) is 0 Å². The number of hydrogen-bond acceptors (Lipinski definition) is 10. The smallest absolute Gasteiger partial charge is 0.339 e. The number of methoxy groups -OCH3 is 1. The number of nitrogens with one attached hydrogen (secondary N) is 2. The number of imidazole rings is 1. The van der Waals surface area contributed by atoms with Crippen LogP contribution in [0.2, 0.25) is 0 Å². The number of amides is 2. The van der Waals surface area contributed by atoms with Crippen molar-refractivity contribution in [3.05, 3.63) is 72.1 Å². The second-order valence-electron chi connectivity index (χ2n) is 9.66. The zero-order chi connectivity index (χ0) is 30.1. The minimum absolute atomic E-state index is 0.0517. The Labute approximate surface area is 243 Å². The lowest BCUT2D eigenvalue weighted by Crippen LogP contribution is -2.33. The molecular weight excluding hydrogens is 567 g/mol. The van der Waals surface area contributed by atoms with Crippen LogP contribution in [0.1, 0.15) is 35.4 Å². The van der Waals surface area contributed by atoms with Gasteiger partial charge in [-0.1, -0.05) is 12.1 Å². The van der Waals surface area contributed by atoms with E-state index in [9.17, 15) is 19.1 Å². The van der Waals surface area contributed by atoms with Crippen LogP contribution in [0.5, 0.6) is 11.5 Å². The summed E-state index contributed by atoms with van der Waals surface area (Å²) in [4.78, 5) is 36.9. The number of fused-ring (bicyclic) bond motifs is 2. The molecule has 4 heterocycles. The summed E-state index contributed by atoms with van der Waals surface area (Å²) in [6.07, 6.45) is -0.974. The highest BCUT2D eigenvalue weighted by molar-refractivity contribution is 5.95. The molecule has 15 heteroatoms. The number of nitrogens with zero attached hydrogens (tertiary/aromatic N) is 4. The third-order valence-corrected chi connectivity index (χ3v) is 7.01. The summed E-state index contributed by atoms with van der Waals surface area (Å²) < 4.78 is 45.3. The standard InChI is InChI=1S/C28H27FN6O8/c1-3-30-28(38)34-23-20-24(32-12-31-23)35(13-33-20)25-22-21(42-27(43-22)14-4-6-15(29)7-5-14)19(41-25)11-40-18-10-16(39-2)8-9-17(18)26(36)37/h4-10,12-13,19,21-22,25,27H,3,11H2,1-2H3,(H,36,37)(H2,30,31,32,34,38)/t19-,21-,22-,25-,27+/m1/s1. The molecular formula is C28H27FN6O8. The van der Waals surface area contributed by atoms with Gasteiger partial charge in [0.05, 0.1) is 13.4 Å². The number of carboxylic acids is 1. The van der Waals surface area contributed by atoms with E-state index >= 15 is 0 Å². The van der Waals surface area contributed by atoms with Gasteiger partial charge in [-0.25, -0.2) is 28.9 Å². The van der Waals surface area contributed by atoms with Gasteiger partial charge in [0, 0.05) is 18.2 Å². The highest BCUT2D eigenvalue weighted by Crippen LogP contribution is 2.45. The Hall–Kier alpha value is -4.86. The summed E-state index contributed by atoms with van der Waals surface area (Å²) in [7, 11) is 1.46. The van der Waals surface area contributed by atoms with E-state index in [2.05, 4.69) is 25.6 Å². The quantitative estimate of drug-likeness (QED) is 0.260. The summed E-state index contributed by atoms with van der Waals surface area (Å²) in [5.74, 6) is -0.855. The minimum Gasteiger partial charge on any atom is -0.497 e. The highest BCUT2D eigenvalue weighted by atomic mass is 19.1. The van der Waals surface area contributed by atoms with Crippen LogP contribution in [0.3, 0.4) is 0 Å². The molecule has 0 aliphatic carbocycles. The first kappa shape index (κ1) is 28.3. The maximum atomic E-state index is 13.6. The average Bonchev–Trinajstić information content (AvgIpc) is 3.71. The molecule has 0 bridgehead atoms. The Morgan fingerprint density at radius 2 is 1.86 bits per heavy atom. The van der Waals surface area contributed by atoms with Crippen molar-refractivity contribution >= 4 is 29.0 Å². The van der Waals surface area contributed by atoms with Crippen molar-refractivity contribution in [2.45, 2.75) is 37.8 Å². The van der Waals surface area contributed by atoms with E-state index in [0.717, 1.165) is 0 Å². The fraction of sp³-hybridized carbons (Fsp3) is 0.321. The molecule has 0 unspecified atom stereocenters. The van der Waals surface area contributed by atoms with E-state index < -0.39 is 48.6 Å². The molecule has 0 spiro atoms. The van der Waals surface area contributed by atoms with E-state index in [0.29, 0.717) is 29.0 Å². The number of anilines is 1. The number of carbonyl (C=O) groups is 2. The Kier molecular flexibility index (Phi) is 7.75. The van der Waals surface area contributed by atoms with Crippen LogP contribution in [0.15, 0.2) is 55.1 Å². The number of aromatic carboxylic acids is 1. The molecule has 2 aliphatic rings. The van der Waals surface area contributed by atoms with Crippen LogP contribution in [0.25, 0.3) is 11.2 Å². The highest BCUT2D eigenvalue weighted by Gasteiger charge is 2.54. The Balaban J connectivity index is 1.31. The van der Waals surface area contributed by atoms with Crippen LogP contribution in [0, 0.1) is 5.82 Å². The fourth-order valence-electron chi connectivity index (χ4n) is 5.01. The summed E-state index contributed by atoms with van der Waals surface area (Å²) in [5.41, 5.74) is 1.23. The Morgan fingerprint density at radius 1 is 1.07 bits per heavy atom. The molecule has 2 fully saturated rings. The Bertz CT molecular complexity index is 1650. The van der Waals surface area contributed by atoms with Crippen molar-refractivity contribution in [1.29, 1.82) is 0 Å². The number of ether oxygens (including phenoxy) is 5. The van der Waals surface area contributed by atoms with Gasteiger partial charge in [-0.15, -0.1) is 0 Å². The van der Waals surface area contributed by atoms with Gasteiger partial charge < -0.3 is 34.1 Å². The number of benzene rings is 2. The molecule has 0 saturated carbocycles. The molecule has 4 aromatic rings. The molecule has 2 aromatic heterocycles. The monoisotopic (exact) mass is 594 g/mol. The number of aromatic nitrogens is 4. The van der Waals surface area contributed by atoms with Gasteiger partial charge in [0.25, 0.3) is 0 Å². The van der Waals surface area contributed by atoms with Crippen LogP contribution in [-0.2, 0) is 14.2 Å². The summed E-state index contributed by atoms with van der Waals surface area (Å²) >= 11 is 0. The van der Waals surface area contributed by atoms with Crippen molar-refractivity contribution < 1.29 is 42.8 Å². The van der Waals surface area contributed by atoms with Gasteiger partial charge in [0.15, 0.2) is 29.5 Å². The normalized spacial score (nSPS) is 22.7. The molecule has 6 rings (SSSR count). The van der Waals surface area contributed by atoms with Crippen LogP contribution in [-0.4, -0.2) is 75.2 Å². The van der Waals surface area contributed by atoms with Crippen molar-refractivity contribution in [2.24, 2.45) is 0 Å². The van der Waals surface area contributed by atoms with Crippen molar-refractivity contribution in [2.75, 3.05) is 25.6 Å². The third kappa shape index (κ3) is 5.52. The van der Waals surface area contributed by atoms with Gasteiger partial charge in [-0.3, -0.25) is 9.88 Å². The van der Waals surface area contributed by atoms with Gasteiger partial charge in [-0.2, -0.15) is 0 Å². The zero-order valence-corrected chi connectivity index (χ0v) is 23.0. The molecule has 224 valence electrons. The number of carboxylic acid groups (broad SMARTS) is 1. The van der Waals surface area contributed by atoms with Crippen molar-refractivity contribution in [3.63, 3.8) is 0 Å². The molecule has 2 saturated heterocycles. The van der Waals surface area contributed by atoms with E-state index in [1.54, 1.807) is 23.6 Å². The zero-order valence-electron chi connectivity index (χ0n) is 23.0. The number of halogens is 1. The first-order valence-electron chi connectivity index (χ1n) is 13.3. The fourth-order valence-corrected chi connectivity index (χ4v) is 5.01. The predicted octanol–water partition coefficient (Wildman–Crippen LogP) is 3.27. The van der Waals surface area contributed by atoms with Crippen LogP contribution >= 0.6 is 0 Å². The summed E-state index contributed by atoms with van der Waals surface area (Å²) in [5, 5.41) is 14.9. The summed E-state index contributed by atoms with van der Waals surface area (Å²) in [6.45, 7) is 2.11. The lowest BCUT2D eigenvalue weighted by molar-refractivity contribution is -0.152. The number of hydrogen-bond donors (Lipinski definition) is 3. The summed E-state index contributed by atoms with van der Waals surface area (Å²) in [6, 6.07) is 9.70. The maximum Gasteiger partial charge on any atom is 0.339 e. The van der Waals surface area contributed by atoms with Gasteiger partial charge in [0.1, 0.15) is 54.1 Å². The molecule has 43 heavy (non-hydrogen) atoms. The minimum atomic E-state index is -1.17. The molecule has 0 radical (unpaired) electrons. The first-order chi connectivity index (χ1) is 20.9. The lowest BCUT2D eigenvalue weighted by Gasteiger charge is -2.22. The lowest BCUT2D eigenvalue weighted by atomic mass is 10.1. The molecule has 2 amide bonds. The topological polar surface area (TPSA) is 168 Å². The number of urea groups is 1. The molecule has 2 aromatic carbocycles. The SMILES string of the molecule is CCNC(=O)Nc1ncnc2c1ncn2[C@@H]1O[C@H](COc2cc(OC)ccc2C(=O)O)[C@H]2O[C@H](c3ccc(F)cc3)O[C@H]21. The second-order valence-corrected chi connectivity index (χ2v) is 9.66. The van der Waals surface area contributed by atoms with E-state index in [-0.39, 0.29) is 23.7 Å². The average molecular weight is 595 g/mol. The first-order valence-corrected chi connectivity index (χ1v) is 13.3. The van der Waals surface area contributed by atoms with E-state index in [1.165, 1.54) is 50.1 Å². The molecule has 5 atom stereocenters. The molecule has 3 N–H and O–H groups in total. The van der Waals surface area contributed by atoms with Gasteiger partial charge >= 0.3 is 12.0 Å². The number of carbonyl (C=O) groups excluding carboxylic acids is 1.